The Morgan fingerprint density at radius 1 is 1.39 bits per heavy atom. The summed E-state index contributed by atoms with van der Waals surface area (Å²) in [6, 6.07) is 10.3. The molecule has 0 amide bonds. The summed E-state index contributed by atoms with van der Waals surface area (Å²) < 4.78 is 13.3. The Balaban J connectivity index is 2.58. The van der Waals surface area contributed by atoms with Crippen LogP contribution in [0.1, 0.15) is 16.0 Å². The lowest BCUT2D eigenvalue weighted by atomic mass is 10.1. The summed E-state index contributed by atoms with van der Waals surface area (Å²) in [6.07, 6.45) is 0. The van der Waals surface area contributed by atoms with Gasteiger partial charge < -0.3 is 0 Å². The average Bonchev–Trinajstić information content (AvgIpc) is 2.82. The molecule has 2 rings (SSSR count). The second-order valence-electron chi connectivity index (χ2n) is 3.80. The molecule has 0 aliphatic carbocycles. The molecule has 0 spiro atoms. The number of aryl methyl sites for hydroxylation is 1. The van der Waals surface area contributed by atoms with Crippen molar-refractivity contribution in [1.29, 1.82) is 5.26 Å². The van der Waals surface area contributed by atoms with Gasteiger partial charge in [0.15, 0.2) is 0 Å². The van der Waals surface area contributed by atoms with Gasteiger partial charge >= 0.3 is 0 Å². The summed E-state index contributed by atoms with van der Waals surface area (Å²) >= 11 is 7.63. The molecule has 0 fully saturated rings. The van der Waals surface area contributed by atoms with E-state index in [2.05, 4.69) is 6.07 Å². The Labute approximate surface area is 114 Å². The summed E-state index contributed by atoms with van der Waals surface area (Å²) in [5.41, 5.74) is 1.67. The standard InChI is InChI=1S/C14H9ClFNS/c1-9-5-10(7-11(16)6-9)14(15)12(8-17)13-3-2-4-18-13/h2-7H,1H3/b14-12+. The summed E-state index contributed by atoms with van der Waals surface area (Å²) in [4.78, 5) is 0.782. The minimum absolute atomic E-state index is 0.280. The van der Waals surface area contributed by atoms with Gasteiger partial charge in [-0.15, -0.1) is 11.3 Å². The predicted octanol–water partition coefficient (Wildman–Crippen LogP) is 4.83. The van der Waals surface area contributed by atoms with Crippen LogP contribution in [-0.4, -0.2) is 0 Å². The zero-order valence-corrected chi connectivity index (χ0v) is 11.1. The average molecular weight is 278 g/mol. The molecule has 1 heterocycles. The SMILES string of the molecule is Cc1cc(F)cc(/C(Cl)=C(/C#N)c2cccs2)c1. The normalized spacial score (nSPS) is 11.9. The van der Waals surface area contributed by atoms with Crippen LogP contribution in [-0.2, 0) is 0 Å². The van der Waals surface area contributed by atoms with E-state index in [-0.39, 0.29) is 10.8 Å². The van der Waals surface area contributed by atoms with E-state index < -0.39 is 0 Å². The van der Waals surface area contributed by atoms with Gasteiger partial charge in [0.2, 0.25) is 0 Å². The maximum atomic E-state index is 13.3. The molecule has 4 heteroatoms. The molecule has 0 aliphatic rings. The number of hydrogen-bond donors (Lipinski definition) is 0. The Morgan fingerprint density at radius 3 is 2.72 bits per heavy atom. The summed E-state index contributed by atoms with van der Waals surface area (Å²) in [7, 11) is 0. The Morgan fingerprint density at radius 2 is 2.17 bits per heavy atom. The number of nitriles is 1. The maximum Gasteiger partial charge on any atom is 0.124 e. The minimum Gasteiger partial charge on any atom is -0.207 e. The Bertz CT molecular complexity index is 618. The highest BCUT2D eigenvalue weighted by molar-refractivity contribution is 7.11. The predicted molar refractivity (Wildman–Crippen MR) is 73.7 cm³/mol. The lowest BCUT2D eigenvalue weighted by Crippen LogP contribution is -1.87. The Kier molecular flexibility index (Phi) is 3.81. The molecule has 90 valence electrons. The number of thiophene rings is 1. The number of allylic oxidation sites excluding steroid dienone is 1. The monoisotopic (exact) mass is 277 g/mol. The van der Waals surface area contributed by atoms with Crippen LogP contribution in [0.5, 0.6) is 0 Å². The van der Waals surface area contributed by atoms with Gasteiger partial charge in [-0.1, -0.05) is 23.7 Å². The first-order valence-corrected chi connectivity index (χ1v) is 6.49. The van der Waals surface area contributed by atoms with Crippen LogP contribution < -0.4 is 0 Å². The molecule has 0 bridgehead atoms. The van der Waals surface area contributed by atoms with Crippen molar-refractivity contribution >= 4 is 33.5 Å². The summed E-state index contributed by atoms with van der Waals surface area (Å²) in [5, 5.41) is 11.3. The summed E-state index contributed by atoms with van der Waals surface area (Å²) in [5.74, 6) is -0.355. The van der Waals surface area contributed by atoms with E-state index in [4.69, 9.17) is 11.6 Å². The number of hydrogen-bond acceptors (Lipinski definition) is 2. The Hall–Kier alpha value is -1.63. The van der Waals surface area contributed by atoms with Gasteiger partial charge in [0.05, 0.1) is 10.6 Å². The van der Waals surface area contributed by atoms with Crippen LogP contribution in [0.15, 0.2) is 35.7 Å². The van der Waals surface area contributed by atoms with Crippen molar-refractivity contribution < 1.29 is 4.39 Å². The van der Waals surface area contributed by atoms with Crippen molar-refractivity contribution in [3.63, 3.8) is 0 Å². The first-order chi connectivity index (χ1) is 8.61. The zero-order chi connectivity index (χ0) is 13.1. The maximum absolute atomic E-state index is 13.3. The van der Waals surface area contributed by atoms with Gasteiger partial charge in [-0.25, -0.2) is 4.39 Å². The molecule has 1 nitrogen and oxygen atoms in total. The van der Waals surface area contributed by atoms with Crippen molar-refractivity contribution in [2.24, 2.45) is 0 Å². The molecule has 0 unspecified atom stereocenters. The first-order valence-electron chi connectivity index (χ1n) is 5.23. The van der Waals surface area contributed by atoms with Gasteiger partial charge in [0.1, 0.15) is 11.9 Å². The highest BCUT2D eigenvalue weighted by Crippen LogP contribution is 2.32. The molecule has 1 aromatic carbocycles. The van der Waals surface area contributed by atoms with Crippen molar-refractivity contribution in [3.8, 4) is 6.07 Å². The second-order valence-corrected chi connectivity index (χ2v) is 5.12. The molecular formula is C14H9ClFNS. The molecule has 2 aromatic rings. The van der Waals surface area contributed by atoms with Gasteiger partial charge in [-0.3, -0.25) is 0 Å². The van der Waals surface area contributed by atoms with E-state index >= 15 is 0 Å². The number of nitrogens with zero attached hydrogens (tertiary/aromatic N) is 1. The van der Waals surface area contributed by atoms with Crippen LogP contribution in [0.4, 0.5) is 4.39 Å². The van der Waals surface area contributed by atoms with Crippen LogP contribution in [0.3, 0.4) is 0 Å². The quantitative estimate of drug-likeness (QED) is 0.722. The topological polar surface area (TPSA) is 23.8 Å². The van der Waals surface area contributed by atoms with E-state index in [9.17, 15) is 9.65 Å². The minimum atomic E-state index is -0.355. The molecule has 1 aromatic heterocycles. The fraction of sp³-hybridized carbons (Fsp3) is 0.0714. The van der Waals surface area contributed by atoms with Gasteiger partial charge in [-0.05, 0) is 41.6 Å². The lowest BCUT2D eigenvalue weighted by Gasteiger charge is -2.04. The second kappa shape index (κ2) is 5.34. The van der Waals surface area contributed by atoms with Gasteiger partial charge in [0, 0.05) is 4.88 Å². The lowest BCUT2D eigenvalue weighted by molar-refractivity contribution is 0.626. The van der Waals surface area contributed by atoms with Crippen molar-refractivity contribution in [2.45, 2.75) is 6.92 Å². The molecule has 0 saturated carbocycles. The molecule has 0 saturated heterocycles. The summed E-state index contributed by atoms with van der Waals surface area (Å²) in [6.45, 7) is 1.79. The first kappa shape index (κ1) is 12.8. The highest BCUT2D eigenvalue weighted by atomic mass is 35.5. The van der Waals surface area contributed by atoms with E-state index in [1.165, 1.54) is 23.5 Å². The third-order valence-electron chi connectivity index (χ3n) is 2.39. The molecule has 0 N–H and O–H groups in total. The molecule has 0 atom stereocenters. The van der Waals surface area contributed by atoms with Crippen molar-refractivity contribution in [2.75, 3.05) is 0 Å². The van der Waals surface area contributed by atoms with Gasteiger partial charge in [-0.2, -0.15) is 5.26 Å². The number of benzene rings is 1. The number of halogens is 2. The highest BCUT2D eigenvalue weighted by Gasteiger charge is 2.11. The van der Waals surface area contributed by atoms with E-state index in [0.717, 1.165) is 10.4 Å². The van der Waals surface area contributed by atoms with Crippen LogP contribution in [0, 0.1) is 24.1 Å². The van der Waals surface area contributed by atoms with Crippen LogP contribution in [0.25, 0.3) is 10.6 Å². The smallest absolute Gasteiger partial charge is 0.124 e. The molecule has 0 aliphatic heterocycles. The third-order valence-corrected chi connectivity index (χ3v) is 3.69. The third kappa shape index (κ3) is 2.61. The molecule has 0 radical (unpaired) electrons. The van der Waals surface area contributed by atoms with E-state index in [1.807, 2.05) is 17.5 Å². The van der Waals surface area contributed by atoms with Gasteiger partial charge in [0.25, 0.3) is 0 Å². The fourth-order valence-electron chi connectivity index (χ4n) is 1.64. The largest absolute Gasteiger partial charge is 0.207 e. The van der Waals surface area contributed by atoms with E-state index in [1.54, 1.807) is 13.0 Å². The van der Waals surface area contributed by atoms with Crippen LogP contribution in [0.2, 0.25) is 0 Å². The fourth-order valence-corrected chi connectivity index (χ4v) is 2.68. The van der Waals surface area contributed by atoms with Crippen molar-refractivity contribution in [3.05, 3.63) is 57.5 Å². The van der Waals surface area contributed by atoms with E-state index in [0.29, 0.717) is 11.1 Å². The zero-order valence-electron chi connectivity index (χ0n) is 9.58. The number of rotatable bonds is 2. The van der Waals surface area contributed by atoms with Crippen LogP contribution >= 0.6 is 22.9 Å². The molecular weight excluding hydrogens is 269 g/mol. The molecule has 18 heavy (non-hydrogen) atoms. The van der Waals surface area contributed by atoms with Crippen molar-refractivity contribution in [1.82, 2.24) is 0 Å².